The molecule has 8 heteroatoms. The van der Waals surface area contributed by atoms with E-state index in [4.69, 9.17) is 4.74 Å². The zero-order chi connectivity index (χ0) is 23.2. The van der Waals surface area contributed by atoms with Gasteiger partial charge in [0, 0.05) is 25.9 Å². The molecule has 2 aromatic carbocycles. The molecular weight excluding hydrogens is 420 g/mol. The standard InChI is InChI=1S/C25H26N4O4/c1-28(15-21-26-19-5-3-4-6-20(19)27-21)22(30)13-25(16-7-11-18(33-2)12-8-16)14-23(31)29(24(25)32)17-9-10-17/h3-8,11-12,17H,9-10,13-15H2,1-2H3,(H,26,27). The van der Waals surface area contributed by atoms with Gasteiger partial charge in [0.2, 0.25) is 17.7 Å². The zero-order valence-corrected chi connectivity index (χ0v) is 18.7. The van der Waals surface area contributed by atoms with Crippen molar-refractivity contribution >= 4 is 28.8 Å². The van der Waals surface area contributed by atoms with Crippen molar-refractivity contribution < 1.29 is 19.1 Å². The number of hydrogen-bond acceptors (Lipinski definition) is 5. The highest BCUT2D eigenvalue weighted by molar-refractivity contribution is 6.11. The van der Waals surface area contributed by atoms with Gasteiger partial charge < -0.3 is 14.6 Å². The van der Waals surface area contributed by atoms with Gasteiger partial charge in [0.05, 0.1) is 30.1 Å². The molecule has 1 atom stereocenters. The monoisotopic (exact) mass is 446 g/mol. The molecule has 1 saturated heterocycles. The molecule has 2 aliphatic rings. The van der Waals surface area contributed by atoms with Crippen LogP contribution in [0, 0.1) is 0 Å². The number of nitrogens with one attached hydrogen (secondary N) is 1. The summed E-state index contributed by atoms with van der Waals surface area (Å²) in [5, 5.41) is 0. The maximum absolute atomic E-state index is 13.6. The molecule has 3 amide bonds. The lowest BCUT2D eigenvalue weighted by Gasteiger charge is -2.29. The number of amides is 3. The van der Waals surface area contributed by atoms with Gasteiger partial charge in [-0.05, 0) is 42.7 Å². The first-order valence-corrected chi connectivity index (χ1v) is 11.1. The number of methoxy groups -OCH3 is 1. The number of imidazole rings is 1. The van der Waals surface area contributed by atoms with Crippen LogP contribution in [-0.2, 0) is 26.3 Å². The smallest absolute Gasteiger partial charge is 0.241 e. The summed E-state index contributed by atoms with van der Waals surface area (Å²) in [6.45, 7) is 0.278. The number of H-pyrrole nitrogens is 1. The summed E-state index contributed by atoms with van der Waals surface area (Å²) in [7, 11) is 3.26. The Morgan fingerprint density at radius 1 is 1.18 bits per heavy atom. The van der Waals surface area contributed by atoms with E-state index in [1.807, 2.05) is 24.3 Å². The second-order valence-electron chi connectivity index (χ2n) is 8.91. The van der Waals surface area contributed by atoms with Crippen molar-refractivity contribution in [3.8, 4) is 5.75 Å². The molecule has 3 aromatic rings. The van der Waals surface area contributed by atoms with Crippen molar-refractivity contribution in [2.45, 2.75) is 43.7 Å². The summed E-state index contributed by atoms with van der Waals surface area (Å²) in [5.74, 6) is 0.624. The van der Waals surface area contributed by atoms with Crippen molar-refractivity contribution in [1.29, 1.82) is 0 Å². The molecule has 8 nitrogen and oxygen atoms in total. The minimum atomic E-state index is -1.20. The molecule has 1 aromatic heterocycles. The summed E-state index contributed by atoms with van der Waals surface area (Å²) in [6, 6.07) is 14.7. The fourth-order valence-corrected chi connectivity index (χ4v) is 4.63. The zero-order valence-electron chi connectivity index (χ0n) is 18.7. The second kappa shape index (κ2) is 8.03. The Hall–Kier alpha value is -3.68. The maximum atomic E-state index is 13.6. The number of hydrogen-bond donors (Lipinski definition) is 1. The Labute approximate surface area is 191 Å². The van der Waals surface area contributed by atoms with E-state index in [1.54, 1.807) is 43.3 Å². The first-order chi connectivity index (χ1) is 15.9. The Morgan fingerprint density at radius 2 is 1.91 bits per heavy atom. The number of ether oxygens (including phenoxy) is 1. The number of benzene rings is 2. The van der Waals surface area contributed by atoms with Crippen molar-refractivity contribution in [2.75, 3.05) is 14.2 Å². The van der Waals surface area contributed by atoms with E-state index >= 15 is 0 Å². The largest absolute Gasteiger partial charge is 0.497 e. The van der Waals surface area contributed by atoms with E-state index in [0.29, 0.717) is 17.1 Å². The van der Waals surface area contributed by atoms with Crippen molar-refractivity contribution in [3.63, 3.8) is 0 Å². The van der Waals surface area contributed by atoms with Gasteiger partial charge in [-0.1, -0.05) is 24.3 Å². The molecular formula is C25H26N4O4. The Morgan fingerprint density at radius 3 is 2.58 bits per heavy atom. The number of aromatic nitrogens is 2. The number of carbonyl (C=O) groups is 3. The Bertz CT molecular complexity index is 1200. The minimum absolute atomic E-state index is 0.00111. The minimum Gasteiger partial charge on any atom is -0.497 e. The van der Waals surface area contributed by atoms with Gasteiger partial charge in [0.15, 0.2) is 0 Å². The second-order valence-corrected chi connectivity index (χ2v) is 8.91. The van der Waals surface area contributed by atoms with Crippen LogP contribution >= 0.6 is 0 Å². The third-order valence-electron chi connectivity index (χ3n) is 6.61. The SMILES string of the molecule is COc1ccc(C2(CC(=O)N(C)Cc3nc4ccccc4[nH]3)CC(=O)N(C3CC3)C2=O)cc1. The van der Waals surface area contributed by atoms with Gasteiger partial charge in [-0.2, -0.15) is 0 Å². The topological polar surface area (TPSA) is 95.6 Å². The Kier molecular flexibility index (Phi) is 5.15. The van der Waals surface area contributed by atoms with Crippen LogP contribution in [0.15, 0.2) is 48.5 Å². The molecule has 1 aliphatic carbocycles. The predicted octanol–water partition coefficient (Wildman–Crippen LogP) is 2.78. The van der Waals surface area contributed by atoms with Crippen LogP contribution in [0.4, 0.5) is 0 Å². The van der Waals surface area contributed by atoms with E-state index in [-0.39, 0.29) is 43.1 Å². The van der Waals surface area contributed by atoms with Crippen LogP contribution in [0.5, 0.6) is 5.75 Å². The van der Waals surface area contributed by atoms with Gasteiger partial charge >= 0.3 is 0 Å². The van der Waals surface area contributed by atoms with Crippen LogP contribution in [0.25, 0.3) is 11.0 Å². The molecule has 0 radical (unpaired) electrons. The number of para-hydroxylation sites is 2. The third kappa shape index (κ3) is 3.75. The van der Waals surface area contributed by atoms with E-state index in [2.05, 4.69) is 9.97 Å². The van der Waals surface area contributed by atoms with E-state index in [1.165, 1.54) is 4.90 Å². The highest BCUT2D eigenvalue weighted by Gasteiger charge is 2.57. The number of aromatic amines is 1. The van der Waals surface area contributed by atoms with Crippen LogP contribution in [0.1, 0.15) is 37.1 Å². The number of likely N-dealkylation sites (tertiary alicyclic amines) is 1. The lowest BCUT2D eigenvalue weighted by molar-refractivity contribution is -0.143. The molecule has 0 bridgehead atoms. The molecule has 33 heavy (non-hydrogen) atoms. The van der Waals surface area contributed by atoms with E-state index in [0.717, 1.165) is 23.9 Å². The van der Waals surface area contributed by atoms with E-state index in [9.17, 15) is 14.4 Å². The van der Waals surface area contributed by atoms with Crippen LogP contribution in [0.3, 0.4) is 0 Å². The van der Waals surface area contributed by atoms with E-state index < -0.39 is 5.41 Å². The maximum Gasteiger partial charge on any atom is 0.241 e. The molecule has 0 spiro atoms. The normalized spacial score (nSPS) is 20.5. The molecule has 1 aliphatic heterocycles. The number of carbonyl (C=O) groups excluding carboxylic acids is 3. The summed E-state index contributed by atoms with van der Waals surface area (Å²) >= 11 is 0. The molecule has 170 valence electrons. The fraction of sp³-hybridized carbons (Fsp3) is 0.360. The molecule has 1 N–H and O–H groups in total. The number of rotatable bonds is 7. The van der Waals surface area contributed by atoms with Crippen molar-refractivity contribution in [2.24, 2.45) is 0 Å². The highest BCUT2D eigenvalue weighted by atomic mass is 16.5. The lowest BCUT2D eigenvalue weighted by Crippen LogP contribution is -2.43. The van der Waals surface area contributed by atoms with Crippen molar-refractivity contribution in [3.05, 3.63) is 59.9 Å². The molecule has 5 rings (SSSR count). The van der Waals surface area contributed by atoms with Gasteiger partial charge in [-0.15, -0.1) is 0 Å². The number of nitrogens with zero attached hydrogens (tertiary/aromatic N) is 3. The quantitative estimate of drug-likeness (QED) is 0.563. The van der Waals surface area contributed by atoms with Gasteiger partial charge in [0.25, 0.3) is 0 Å². The summed E-state index contributed by atoms with van der Waals surface area (Å²) < 4.78 is 5.24. The van der Waals surface area contributed by atoms with Gasteiger partial charge in [-0.3, -0.25) is 19.3 Å². The lowest BCUT2D eigenvalue weighted by atomic mass is 9.75. The first-order valence-electron chi connectivity index (χ1n) is 11.1. The average Bonchev–Trinajstić information content (AvgIpc) is 3.50. The Balaban J connectivity index is 1.42. The van der Waals surface area contributed by atoms with Gasteiger partial charge in [-0.25, -0.2) is 4.98 Å². The summed E-state index contributed by atoms with van der Waals surface area (Å²) in [4.78, 5) is 50.5. The molecule has 1 saturated carbocycles. The molecule has 2 heterocycles. The third-order valence-corrected chi connectivity index (χ3v) is 6.61. The summed E-state index contributed by atoms with van der Waals surface area (Å²) in [6.07, 6.45) is 1.58. The molecule has 1 unspecified atom stereocenters. The molecule has 2 fully saturated rings. The van der Waals surface area contributed by atoms with Crippen molar-refractivity contribution in [1.82, 2.24) is 19.8 Å². The predicted molar refractivity (Wildman–Crippen MR) is 121 cm³/mol. The van der Waals surface area contributed by atoms with Crippen LogP contribution in [-0.4, -0.2) is 57.7 Å². The van der Waals surface area contributed by atoms with Gasteiger partial charge in [0.1, 0.15) is 11.6 Å². The number of fused-ring (bicyclic) bond motifs is 1. The van der Waals surface area contributed by atoms with Crippen LogP contribution in [0.2, 0.25) is 0 Å². The van der Waals surface area contributed by atoms with Crippen LogP contribution < -0.4 is 4.74 Å². The highest BCUT2D eigenvalue weighted by Crippen LogP contribution is 2.44. The summed E-state index contributed by atoms with van der Waals surface area (Å²) in [5.41, 5.74) is 1.19. The first kappa shape index (κ1) is 21.2. The fourth-order valence-electron chi connectivity index (χ4n) is 4.63. The average molecular weight is 447 g/mol. The number of imide groups is 1.